The minimum atomic E-state index is -3.86. The maximum Gasteiger partial charge on any atom is 0.272 e. The number of hydrogen-bond donors (Lipinski definition) is 2. The van der Waals surface area contributed by atoms with E-state index in [9.17, 15) is 18.3 Å². The van der Waals surface area contributed by atoms with Gasteiger partial charge in [0.25, 0.3) is 15.9 Å². The number of nitrogens with one attached hydrogen (secondary N) is 1. The van der Waals surface area contributed by atoms with Gasteiger partial charge in [-0.2, -0.15) is 0 Å². The van der Waals surface area contributed by atoms with Crippen LogP contribution in [0.3, 0.4) is 0 Å². The molecule has 2 rings (SSSR count). The topological polar surface area (TPSA) is 86.7 Å². The van der Waals surface area contributed by atoms with E-state index in [1.807, 2.05) is 0 Å². The third-order valence-corrected chi connectivity index (χ3v) is 7.04. The average molecular weight is 418 g/mol. The summed E-state index contributed by atoms with van der Waals surface area (Å²) in [6, 6.07) is 6.12. The second-order valence-corrected chi connectivity index (χ2v) is 8.69. The lowest BCUT2D eigenvalue weighted by atomic mass is 10.1. The summed E-state index contributed by atoms with van der Waals surface area (Å²) in [6.07, 6.45) is 0.769. The fraction of sp³-hybridized carbons (Fsp3) is 0.500. The van der Waals surface area contributed by atoms with Crippen molar-refractivity contribution in [2.45, 2.75) is 25.2 Å². The molecule has 0 saturated heterocycles. The highest BCUT2D eigenvalue weighted by Crippen LogP contribution is 2.34. The van der Waals surface area contributed by atoms with Gasteiger partial charge in [-0.1, -0.05) is 12.1 Å². The normalized spacial score (nSPS) is 15.8. The van der Waals surface area contributed by atoms with E-state index in [-0.39, 0.29) is 34.3 Å². The van der Waals surface area contributed by atoms with Gasteiger partial charge < -0.3 is 27.3 Å². The minimum Gasteiger partial charge on any atom is -1.00 e. The number of nitrogens with zero attached hydrogens (tertiary/aromatic N) is 2. The number of quaternary nitrogens is 1. The molecule has 1 aromatic carbocycles. The van der Waals surface area contributed by atoms with E-state index in [2.05, 4.69) is 26.2 Å². The van der Waals surface area contributed by atoms with Crippen LogP contribution < -0.4 is 17.7 Å². The number of carbonyl (C=O) groups excluding carboxylic acids is 1. The Hall–Kier alpha value is -1.77. The number of rotatable bonds is 7. The van der Waals surface area contributed by atoms with Gasteiger partial charge in [0, 0.05) is 25.6 Å². The van der Waals surface area contributed by atoms with Crippen LogP contribution in [0.5, 0.6) is 0 Å². The van der Waals surface area contributed by atoms with Crippen LogP contribution in [0.1, 0.15) is 25.8 Å². The van der Waals surface area contributed by atoms with E-state index < -0.39 is 15.9 Å². The Kier molecular flexibility index (Phi) is 7.71. The van der Waals surface area contributed by atoms with E-state index in [1.165, 1.54) is 19.2 Å². The molecule has 1 aromatic rings. The summed E-state index contributed by atoms with van der Waals surface area (Å²) in [6.45, 7) is 7.60. The Bertz CT molecular complexity index is 820. The number of carbonyl (C=O) groups is 1. The van der Waals surface area contributed by atoms with Crippen molar-refractivity contribution in [3.8, 4) is 0 Å². The number of hydrogen-bond acceptors (Lipinski definition) is 4. The van der Waals surface area contributed by atoms with Crippen LogP contribution >= 0.6 is 0 Å². The Labute approximate surface area is 167 Å². The van der Waals surface area contributed by atoms with Crippen molar-refractivity contribution in [1.29, 1.82) is 0 Å². The second kappa shape index (κ2) is 8.95. The molecule has 0 saturated carbocycles. The lowest BCUT2D eigenvalue weighted by molar-refractivity contribution is -0.906. The van der Waals surface area contributed by atoms with Gasteiger partial charge in [-0.25, -0.2) is 8.42 Å². The van der Waals surface area contributed by atoms with Crippen LogP contribution in [-0.4, -0.2) is 68.5 Å². The number of amides is 1. The first-order valence-corrected chi connectivity index (χ1v) is 10.2. The Morgan fingerprint density at radius 2 is 1.81 bits per heavy atom. The molecule has 2 N–H and O–H groups in total. The Morgan fingerprint density at radius 3 is 2.41 bits per heavy atom. The molecule has 27 heavy (non-hydrogen) atoms. The molecule has 0 radical (unpaired) electrons. The van der Waals surface area contributed by atoms with Gasteiger partial charge in [0.1, 0.15) is 0 Å². The average Bonchev–Trinajstić information content (AvgIpc) is 2.64. The highest BCUT2D eigenvalue weighted by Gasteiger charge is 2.37. The third kappa shape index (κ3) is 4.56. The van der Waals surface area contributed by atoms with Gasteiger partial charge in [0.2, 0.25) is 0 Å². The molecular weight excluding hydrogens is 390 g/mol. The van der Waals surface area contributed by atoms with E-state index >= 15 is 0 Å². The summed E-state index contributed by atoms with van der Waals surface area (Å²) in [7, 11) is -0.420. The number of likely N-dealkylation sites (N-methyl/N-ethyl adjacent to an activating group) is 1. The van der Waals surface area contributed by atoms with Crippen LogP contribution in [0.2, 0.25) is 0 Å². The molecule has 1 aliphatic heterocycles. The van der Waals surface area contributed by atoms with Crippen LogP contribution in [0, 0.1) is 0 Å². The van der Waals surface area contributed by atoms with Crippen LogP contribution in [0.4, 0.5) is 0 Å². The molecule has 1 amide bonds. The molecule has 0 aliphatic carbocycles. The molecule has 0 fully saturated rings. The summed E-state index contributed by atoms with van der Waals surface area (Å²) < 4.78 is 27.0. The van der Waals surface area contributed by atoms with E-state index in [4.69, 9.17) is 0 Å². The Morgan fingerprint density at radius 1 is 1.22 bits per heavy atom. The molecular formula is C18H28ClN3O4S. The molecule has 0 atom stereocenters. The summed E-state index contributed by atoms with van der Waals surface area (Å²) in [5, 5.41) is 13.2. The third-order valence-electron chi connectivity index (χ3n) is 5.22. The van der Waals surface area contributed by atoms with Crippen LogP contribution in [0.15, 0.2) is 34.9 Å². The molecule has 0 unspecified atom stereocenters. The van der Waals surface area contributed by atoms with Crippen molar-refractivity contribution in [1.82, 2.24) is 9.62 Å². The van der Waals surface area contributed by atoms with Crippen molar-refractivity contribution in [3.63, 3.8) is 0 Å². The zero-order valence-corrected chi connectivity index (χ0v) is 17.8. The van der Waals surface area contributed by atoms with Crippen LogP contribution in [0.25, 0.3) is 5.76 Å². The van der Waals surface area contributed by atoms with Crippen LogP contribution in [-0.2, 0) is 14.8 Å². The monoisotopic (exact) mass is 417 g/mol. The van der Waals surface area contributed by atoms with Gasteiger partial charge in [0.05, 0.1) is 31.6 Å². The fourth-order valence-corrected chi connectivity index (χ4v) is 4.37. The summed E-state index contributed by atoms with van der Waals surface area (Å²) in [4.78, 5) is 12.5. The van der Waals surface area contributed by atoms with Crippen molar-refractivity contribution in [3.05, 3.63) is 35.5 Å². The molecule has 152 valence electrons. The molecule has 1 heterocycles. The van der Waals surface area contributed by atoms with Gasteiger partial charge in [0.15, 0.2) is 11.5 Å². The zero-order chi connectivity index (χ0) is 19.5. The Balaban J connectivity index is 0.00000364. The summed E-state index contributed by atoms with van der Waals surface area (Å²) >= 11 is 0. The first-order chi connectivity index (χ1) is 12.2. The maximum absolute atomic E-state index is 12.6. The fourth-order valence-electron chi connectivity index (χ4n) is 2.97. The zero-order valence-electron chi connectivity index (χ0n) is 16.2. The number of sulfonamides is 1. The summed E-state index contributed by atoms with van der Waals surface area (Å²) in [5.41, 5.74) is -0.0936. The number of aliphatic hydroxyl groups excluding tert-OH is 1. The first-order valence-electron chi connectivity index (χ1n) is 8.81. The van der Waals surface area contributed by atoms with E-state index in [0.29, 0.717) is 6.54 Å². The minimum absolute atomic E-state index is 0. The molecule has 0 spiro atoms. The quantitative estimate of drug-likeness (QED) is 0.419. The highest BCUT2D eigenvalue weighted by molar-refractivity contribution is 7.89. The number of aliphatic hydroxyl groups is 1. The predicted molar refractivity (Wildman–Crippen MR) is 101 cm³/mol. The second-order valence-electron chi connectivity index (χ2n) is 6.75. The van der Waals surface area contributed by atoms with Crippen molar-refractivity contribution < 1.29 is 35.2 Å². The van der Waals surface area contributed by atoms with E-state index in [0.717, 1.165) is 34.8 Å². The molecule has 0 bridgehead atoms. The van der Waals surface area contributed by atoms with Crippen molar-refractivity contribution in [2.24, 2.45) is 0 Å². The molecule has 0 aromatic heterocycles. The molecule has 7 nitrogen and oxygen atoms in total. The maximum atomic E-state index is 12.6. The van der Waals surface area contributed by atoms with Gasteiger partial charge in [-0.05, 0) is 26.0 Å². The number of halogens is 1. The summed E-state index contributed by atoms with van der Waals surface area (Å²) in [5.74, 6) is -0.913. The van der Waals surface area contributed by atoms with Gasteiger partial charge >= 0.3 is 0 Å². The highest BCUT2D eigenvalue weighted by atomic mass is 35.5. The predicted octanol–water partition coefficient (Wildman–Crippen LogP) is -1.46. The first kappa shape index (κ1) is 23.3. The molecule has 9 heteroatoms. The van der Waals surface area contributed by atoms with Crippen molar-refractivity contribution in [2.75, 3.05) is 40.3 Å². The molecule has 1 aliphatic rings. The lowest BCUT2D eigenvalue weighted by Gasteiger charge is -2.32. The van der Waals surface area contributed by atoms with E-state index in [1.54, 1.807) is 12.1 Å². The smallest absolute Gasteiger partial charge is 0.272 e. The standard InChI is InChI=1S/C18H27N3O4S.ClH/c1-5-21(4,6-2)13-9-12-19-18(23)16-17(22)14-10-7-8-11-15(14)26(24,25)20(16)3;/h7-8,10-11H,5-6,9,12-13H2,1-4H3,(H-,19,22,23);1H. The largest absolute Gasteiger partial charge is 1.00 e. The number of fused-ring (bicyclic) bond motifs is 1. The SMILES string of the molecule is CC[N+](C)(CC)CCCNC(=O)C1=C(O)c2ccccc2S(=O)(=O)N1C.[Cl-]. The lowest BCUT2D eigenvalue weighted by Crippen LogP contribution is -3.00. The van der Waals surface area contributed by atoms with Crippen molar-refractivity contribution >= 4 is 21.7 Å². The number of benzene rings is 1. The van der Waals surface area contributed by atoms with Gasteiger partial charge in [-0.3, -0.25) is 9.10 Å². The van der Waals surface area contributed by atoms with Gasteiger partial charge in [-0.15, -0.1) is 0 Å².